The first-order valence-electron chi connectivity index (χ1n) is 7.96. The van der Waals surface area contributed by atoms with Crippen molar-refractivity contribution in [1.29, 1.82) is 0 Å². The van der Waals surface area contributed by atoms with E-state index in [4.69, 9.17) is 4.42 Å². The van der Waals surface area contributed by atoms with Crippen LogP contribution in [0.3, 0.4) is 0 Å². The Morgan fingerprint density at radius 2 is 1.58 bits per heavy atom. The molecular weight excluding hydrogens is 702 g/mol. The summed E-state index contributed by atoms with van der Waals surface area (Å²) in [5.41, 5.74) is 1.17. The van der Waals surface area contributed by atoms with Gasteiger partial charge in [-0.25, -0.2) is 0 Å². The second-order valence-electron chi connectivity index (χ2n) is 6.07. The van der Waals surface area contributed by atoms with E-state index in [2.05, 4.69) is 63.7 Å². The normalized spacial score (nSPS) is 10.6. The predicted octanol–water partition coefficient (Wildman–Crippen LogP) is -0.940. The number of halogens is 4. The van der Waals surface area contributed by atoms with Gasteiger partial charge in [-0.2, -0.15) is 0 Å². The van der Waals surface area contributed by atoms with E-state index in [1.54, 1.807) is 30.3 Å². The molecule has 1 aliphatic heterocycles. The SMILES string of the molecule is O=C([O-])c1ccccc1-c1c2cc(Br)c(=O)c(Br)c-2oc2c(Br)c([O-])c(Br)cc12.[K+].[Na+]. The third-order valence-corrected chi connectivity index (χ3v) is 7.04. The van der Waals surface area contributed by atoms with Crippen molar-refractivity contribution in [2.24, 2.45) is 0 Å². The van der Waals surface area contributed by atoms with Crippen LogP contribution in [-0.2, 0) is 0 Å². The van der Waals surface area contributed by atoms with Gasteiger partial charge in [-0.1, -0.05) is 45.9 Å². The monoisotopic (exact) mass is 704 g/mol. The number of hydrogen-bond acceptors (Lipinski definition) is 5. The van der Waals surface area contributed by atoms with Crippen LogP contribution in [0, 0.1) is 0 Å². The Kier molecular flexibility index (Phi) is 10.1. The summed E-state index contributed by atoms with van der Waals surface area (Å²) in [6, 6.07) is 9.50. The van der Waals surface area contributed by atoms with Crippen molar-refractivity contribution in [2.45, 2.75) is 0 Å². The van der Waals surface area contributed by atoms with Crippen molar-refractivity contribution < 1.29 is 100 Å². The summed E-state index contributed by atoms with van der Waals surface area (Å²) >= 11 is 13.0. The number of fused-ring (bicyclic) bond motifs is 2. The molecule has 0 spiro atoms. The largest absolute Gasteiger partial charge is 1.00 e. The number of benzene rings is 3. The van der Waals surface area contributed by atoms with Gasteiger partial charge in [0, 0.05) is 26.5 Å². The van der Waals surface area contributed by atoms with E-state index in [0.29, 0.717) is 22.1 Å². The molecule has 0 amide bonds. The Labute approximate surface area is 274 Å². The number of carbonyl (C=O) groups excluding carboxylic acids is 1. The molecule has 0 bridgehead atoms. The number of rotatable bonds is 2. The minimum atomic E-state index is -1.35. The number of carboxylic acid groups (broad SMARTS) is 1. The molecule has 1 heterocycles. The summed E-state index contributed by atoms with van der Waals surface area (Å²) in [5.74, 6) is -1.49. The summed E-state index contributed by atoms with van der Waals surface area (Å²) in [5, 5.41) is 24.7. The Morgan fingerprint density at radius 3 is 2.23 bits per heavy atom. The molecule has 31 heavy (non-hydrogen) atoms. The first kappa shape index (κ1) is 28.2. The van der Waals surface area contributed by atoms with Crippen LogP contribution in [0.5, 0.6) is 5.75 Å². The van der Waals surface area contributed by atoms with Gasteiger partial charge in [0.1, 0.15) is 10.1 Å². The molecule has 4 rings (SSSR count). The third-order valence-electron chi connectivity index (χ3n) is 4.42. The molecule has 146 valence electrons. The smallest absolute Gasteiger partial charge is 0.871 e. The molecule has 0 unspecified atom stereocenters. The quantitative estimate of drug-likeness (QED) is 0.198. The zero-order valence-electron chi connectivity index (χ0n) is 16.0. The van der Waals surface area contributed by atoms with Gasteiger partial charge < -0.3 is 19.4 Å². The van der Waals surface area contributed by atoms with Crippen LogP contribution in [0.2, 0.25) is 0 Å². The first-order valence-corrected chi connectivity index (χ1v) is 11.1. The molecule has 0 fully saturated rings. The molecule has 0 aromatic heterocycles. The summed E-state index contributed by atoms with van der Waals surface area (Å²) in [6.45, 7) is 0. The van der Waals surface area contributed by atoms with Gasteiger partial charge in [-0.3, -0.25) is 4.79 Å². The molecule has 0 atom stereocenters. The molecule has 0 saturated carbocycles. The topological polar surface area (TPSA) is 93.4 Å². The van der Waals surface area contributed by atoms with Crippen molar-refractivity contribution >= 4 is 80.7 Å². The molecule has 0 N–H and O–H groups in total. The molecule has 1 aliphatic carbocycles. The number of carboxylic acids is 1. The van der Waals surface area contributed by atoms with Crippen molar-refractivity contribution in [3.8, 4) is 28.2 Å². The number of hydrogen-bond donors (Lipinski definition) is 0. The average molecular weight is 708 g/mol. The average Bonchev–Trinajstić information content (AvgIpc) is 2.69. The minimum absolute atomic E-state index is 0. The summed E-state index contributed by atoms with van der Waals surface area (Å²) < 4.78 is 6.80. The fourth-order valence-corrected chi connectivity index (χ4v) is 5.56. The standard InChI is InChI=1S/C20H8Br4O5.K.Na/c21-11-5-9-13(7-3-1-2-4-8(7)20(27)28)10-6-12(22)17(26)15(24)19(10)29-18(9)14(23)16(11)25;;/h1-6,25H,(H,27,28);;/q;2*+1/p-2. The van der Waals surface area contributed by atoms with Crippen LogP contribution in [0.4, 0.5) is 0 Å². The van der Waals surface area contributed by atoms with Crippen LogP contribution in [0.1, 0.15) is 10.4 Å². The molecular formula is C20H6Br4KNaO5. The van der Waals surface area contributed by atoms with E-state index >= 15 is 0 Å². The summed E-state index contributed by atoms with van der Waals surface area (Å²) in [7, 11) is 0. The van der Waals surface area contributed by atoms with E-state index < -0.39 is 5.97 Å². The van der Waals surface area contributed by atoms with E-state index in [1.807, 2.05) is 0 Å². The maximum Gasteiger partial charge on any atom is 1.00 e. The molecule has 2 aliphatic rings. The van der Waals surface area contributed by atoms with Crippen LogP contribution >= 0.6 is 63.7 Å². The Morgan fingerprint density at radius 1 is 0.935 bits per heavy atom. The second-order valence-corrected chi connectivity index (χ2v) is 9.36. The third kappa shape index (κ3) is 5.01. The van der Waals surface area contributed by atoms with Crippen molar-refractivity contribution in [2.75, 3.05) is 0 Å². The van der Waals surface area contributed by atoms with Crippen LogP contribution in [-0.4, -0.2) is 5.97 Å². The van der Waals surface area contributed by atoms with E-state index in [9.17, 15) is 19.8 Å². The van der Waals surface area contributed by atoms with Gasteiger partial charge in [-0.15, -0.1) is 0 Å². The maximum absolute atomic E-state index is 12.4. The Bertz CT molecular complexity index is 1370. The number of aromatic carboxylic acids is 1. The Balaban J connectivity index is 0.00000171. The van der Waals surface area contributed by atoms with Crippen LogP contribution < -0.4 is 96.6 Å². The molecule has 5 nitrogen and oxygen atoms in total. The van der Waals surface area contributed by atoms with Gasteiger partial charge in [0.05, 0.1) is 14.9 Å². The van der Waals surface area contributed by atoms with E-state index in [0.717, 1.165) is 0 Å². The van der Waals surface area contributed by atoms with Crippen molar-refractivity contribution in [1.82, 2.24) is 0 Å². The molecule has 0 radical (unpaired) electrons. The van der Waals surface area contributed by atoms with Crippen molar-refractivity contribution in [3.05, 3.63) is 70.1 Å². The molecule has 11 heteroatoms. The molecule has 2 aromatic rings. The minimum Gasteiger partial charge on any atom is -0.871 e. The van der Waals surface area contributed by atoms with Gasteiger partial charge in [0.25, 0.3) is 0 Å². The number of carbonyl (C=O) groups is 1. The Hall–Kier alpha value is 0.956. The zero-order valence-corrected chi connectivity index (χ0v) is 27.5. The van der Waals surface area contributed by atoms with Crippen molar-refractivity contribution in [3.63, 3.8) is 0 Å². The maximum atomic E-state index is 12.4. The van der Waals surface area contributed by atoms with Gasteiger partial charge in [0.15, 0.2) is 5.76 Å². The van der Waals surface area contributed by atoms with Gasteiger partial charge >= 0.3 is 80.9 Å². The van der Waals surface area contributed by atoms with Crippen LogP contribution in [0.15, 0.2) is 63.5 Å². The van der Waals surface area contributed by atoms with E-state index in [-0.39, 0.29) is 127 Å². The van der Waals surface area contributed by atoms with Gasteiger partial charge in [-0.05, 0) is 65.5 Å². The van der Waals surface area contributed by atoms with Gasteiger partial charge in [0.2, 0.25) is 5.43 Å². The fourth-order valence-electron chi connectivity index (χ4n) is 3.16. The summed E-state index contributed by atoms with van der Waals surface area (Å²) in [4.78, 5) is 24.2. The van der Waals surface area contributed by atoms with Crippen LogP contribution in [0.25, 0.3) is 33.4 Å². The predicted molar refractivity (Wildman–Crippen MR) is 119 cm³/mol. The fraction of sp³-hybridized carbons (Fsp3) is 0. The first-order chi connectivity index (χ1) is 13.7. The second kappa shape index (κ2) is 11.1. The summed E-state index contributed by atoms with van der Waals surface area (Å²) in [6.07, 6.45) is 0. The molecule has 2 aromatic carbocycles. The zero-order chi connectivity index (χ0) is 21.0. The molecule has 0 saturated heterocycles. The van der Waals surface area contributed by atoms with E-state index in [1.165, 1.54) is 6.07 Å².